The van der Waals surface area contributed by atoms with Gasteiger partial charge in [-0.3, -0.25) is 14.9 Å². The molecule has 2 atom stereocenters. The van der Waals surface area contributed by atoms with E-state index in [0.717, 1.165) is 22.3 Å². The number of fused-ring (bicyclic) bond motifs is 4. The molecule has 2 unspecified atom stereocenters. The van der Waals surface area contributed by atoms with E-state index in [0.29, 0.717) is 23.8 Å². The van der Waals surface area contributed by atoms with Gasteiger partial charge in [0.2, 0.25) is 5.91 Å². The highest BCUT2D eigenvalue weighted by Crippen LogP contribution is 2.57. The number of carbonyl (C=O) groups is 3. The van der Waals surface area contributed by atoms with Gasteiger partial charge in [0.05, 0.1) is 17.5 Å². The Morgan fingerprint density at radius 1 is 1.11 bits per heavy atom. The summed E-state index contributed by atoms with van der Waals surface area (Å²) in [5, 5.41) is 14.1. The molecule has 1 aromatic heterocycles. The van der Waals surface area contributed by atoms with E-state index in [1.165, 1.54) is 11.3 Å². The topological polar surface area (TPSA) is 109 Å². The predicted molar refractivity (Wildman–Crippen MR) is 129 cm³/mol. The van der Waals surface area contributed by atoms with E-state index >= 15 is 0 Å². The van der Waals surface area contributed by atoms with Crippen molar-refractivity contribution in [1.82, 2.24) is 9.88 Å². The first-order valence-electron chi connectivity index (χ1n) is 11.5. The van der Waals surface area contributed by atoms with Crippen molar-refractivity contribution in [3.05, 3.63) is 70.7 Å². The Balaban J connectivity index is 1.04. The number of amides is 2. The van der Waals surface area contributed by atoms with Crippen molar-refractivity contribution in [2.45, 2.75) is 18.8 Å². The molecule has 1 saturated carbocycles. The summed E-state index contributed by atoms with van der Waals surface area (Å²) in [4.78, 5) is 42.5. The maximum absolute atomic E-state index is 12.6. The second-order valence-electron chi connectivity index (χ2n) is 9.41. The Labute approximate surface area is 205 Å². The van der Waals surface area contributed by atoms with Crippen molar-refractivity contribution in [1.29, 1.82) is 0 Å². The van der Waals surface area contributed by atoms with Gasteiger partial charge < -0.3 is 14.7 Å². The Kier molecular flexibility index (Phi) is 5.10. The molecular formula is C26H23N3O5S. The number of likely N-dealkylation sites (tertiary alicyclic amines) is 1. The van der Waals surface area contributed by atoms with Gasteiger partial charge in [-0.2, -0.15) is 0 Å². The van der Waals surface area contributed by atoms with Crippen LogP contribution in [-0.2, 0) is 20.7 Å². The zero-order valence-electron chi connectivity index (χ0n) is 18.8. The van der Waals surface area contributed by atoms with E-state index in [4.69, 9.17) is 4.74 Å². The number of aromatic nitrogens is 1. The van der Waals surface area contributed by atoms with Crippen LogP contribution in [0.15, 0.2) is 53.9 Å². The van der Waals surface area contributed by atoms with E-state index in [1.54, 1.807) is 10.3 Å². The average Bonchev–Trinajstić information content (AvgIpc) is 3.15. The number of carboxylic acids is 1. The number of benzene rings is 2. The summed E-state index contributed by atoms with van der Waals surface area (Å²) >= 11 is 1.22. The van der Waals surface area contributed by atoms with Crippen molar-refractivity contribution in [3.8, 4) is 11.1 Å². The van der Waals surface area contributed by atoms with Crippen LogP contribution in [0.5, 0.6) is 0 Å². The van der Waals surface area contributed by atoms with Crippen LogP contribution >= 0.6 is 11.3 Å². The molecule has 0 spiro atoms. The van der Waals surface area contributed by atoms with Gasteiger partial charge in [0, 0.05) is 24.4 Å². The number of nitrogens with one attached hydrogen (secondary N) is 1. The van der Waals surface area contributed by atoms with Crippen molar-refractivity contribution >= 4 is 34.4 Å². The maximum Gasteiger partial charge on any atom is 0.413 e. The van der Waals surface area contributed by atoms with E-state index < -0.39 is 17.5 Å². The number of nitrogens with zero attached hydrogens (tertiary/aromatic N) is 2. The number of piperidine rings is 1. The lowest BCUT2D eigenvalue weighted by atomic mass is 9.98. The van der Waals surface area contributed by atoms with E-state index in [9.17, 15) is 19.5 Å². The second kappa shape index (κ2) is 8.20. The molecule has 0 bridgehead atoms. The predicted octanol–water partition coefficient (Wildman–Crippen LogP) is 3.98. The van der Waals surface area contributed by atoms with Crippen molar-refractivity contribution < 1.29 is 24.2 Å². The standard InChI is InChI=1S/C26H23N3O5S/c30-22(29-11-15-10-26(15,14-29)23(31)32)9-16-13-35-24(27-16)28-25(33)34-12-21-19-7-3-1-5-17(19)18-6-2-4-8-20(18)21/h1-8,13,15,21H,9-12,14H2,(H,31,32)(H,27,28,33). The van der Waals surface area contributed by atoms with Crippen LogP contribution < -0.4 is 5.32 Å². The monoisotopic (exact) mass is 489 g/mol. The maximum atomic E-state index is 12.6. The molecule has 2 aliphatic carbocycles. The molecule has 2 aromatic carbocycles. The molecule has 8 nitrogen and oxygen atoms in total. The van der Waals surface area contributed by atoms with E-state index in [2.05, 4.69) is 34.6 Å². The molecule has 35 heavy (non-hydrogen) atoms. The fraction of sp³-hybridized carbons (Fsp3) is 0.308. The van der Waals surface area contributed by atoms with Gasteiger partial charge in [0.15, 0.2) is 5.13 Å². The lowest BCUT2D eigenvalue weighted by molar-refractivity contribution is -0.144. The van der Waals surface area contributed by atoms with Gasteiger partial charge in [-0.1, -0.05) is 48.5 Å². The van der Waals surface area contributed by atoms with Crippen molar-refractivity contribution in [3.63, 3.8) is 0 Å². The molecule has 6 rings (SSSR count). The highest BCUT2D eigenvalue weighted by atomic mass is 32.1. The van der Waals surface area contributed by atoms with Crippen LogP contribution in [0, 0.1) is 11.3 Å². The minimum Gasteiger partial charge on any atom is -0.481 e. The smallest absolute Gasteiger partial charge is 0.413 e. The number of hydrogen-bond acceptors (Lipinski definition) is 6. The van der Waals surface area contributed by atoms with Crippen LogP contribution in [0.1, 0.15) is 29.2 Å². The number of carboxylic acid groups (broad SMARTS) is 1. The zero-order valence-corrected chi connectivity index (χ0v) is 19.6. The number of aliphatic carboxylic acids is 1. The third kappa shape index (κ3) is 3.76. The van der Waals surface area contributed by atoms with Crippen LogP contribution in [0.4, 0.5) is 9.93 Å². The quantitative estimate of drug-likeness (QED) is 0.542. The molecule has 2 fully saturated rings. The first kappa shape index (κ1) is 21.8. The molecule has 3 aliphatic rings. The highest BCUT2D eigenvalue weighted by Gasteiger charge is 2.66. The van der Waals surface area contributed by atoms with E-state index in [1.807, 2.05) is 24.3 Å². The lowest BCUT2D eigenvalue weighted by Crippen LogP contribution is -2.34. The third-order valence-electron chi connectivity index (χ3n) is 7.36. The minimum atomic E-state index is -0.818. The van der Waals surface area contributed by atoms with Gasteiger partial charge in [0.25, 0.3) is 0 Å². The minimum absolute atomic E-state index is 0.0293. The summed E-state index contributed by atoms with van der Waals surface area (Å²) in [5.74, 6) is -0.930. The van der Waals surface area contributed by atoms with Gasteiger partial charge in [0.1, 0.15) is 6.61 Å². The fourth-order valence-electron chi connectivity index (χ4n) is 5.44. The molecule has 178 valence electrons. The van der Waals surface area contributed by atoms with Gasteiger partial charge >= 0.3 is 12.1 Å². The second-order valence-corrected chi connectivity index (χ2v) is 10.3. The number of thiazole rings is 1. The van der Waals surface area contributed by atoms with E-state index in [-0.39, 0.29) is 37.3 Å². The summed E-state index contributed by atoms with van der Waals surface area (Å²) in [7, 11) is 0. The number of carbonyl (C=O) groups excluding carboxylic acids is 2. The molecule has 2 N–H and O–H groups in total. The van der Waals surface area contributed by atoms with Gasteiger partial charge in [-0.05, 0) is 34.6 Å². The molecular weight excluding hydrogens is 466 g/mol. The Hall–Kier alpha value is -3.72. The lowest BCUT2D eigenvalue weighted by Gasteiger charge is -2.19. The van der Waals surface area contributed by atoms with Crippen LogP contribution in [0.2, 0.25) is 0 Å². The Morgan fingerprint density at radius 2 is 1.80 bits per heavy atom. The largest absolute Gasteiger partial charge is 0.481 e. The number of anilines is 1. The Morgan fingerprint density at radius 3 is 2.46 bits per heavy atom. The molecule has 1 aliphatic heterocycles. The average molecular weight is 490 g/mol. The summed E-state index contributed by atoms with van der Waals surface area (Å²) in [5.41, 5.74) is 4.40. The van der Waals surface area contributed by atoms with Crippen LogP contribution in [0.3, 0.4) is 0 Å². The fourth-order valence-corrected chi connectivity index (χ4v) is 6.13. The summed E-state index contributed by atoms with van der Waals surface area (Å²) in [6, 6.07) is 16.3. The van der Waals surface area contributed by atoms with Gasteiger partial charge in [-0.25, -0.2) is 9.78 Å². The number of rotatable bonds is 6. The normalized spacial score (nSPS) is 21.7. The first-order valence-corrected chi connectivity index (χ1v) is 12.4. The zero-order chi connectivity index (χ0) is 24.2. The van der Waals surface area contributed by atoms with Crippen LogP contribution in [-0.4, -0.2) is 52.7 Å². The van der Waals surface area contributed by atoms with Gasteiger partial charge in [-0.15, -0.1) is 11.3 Å². The SMILES string of the molecule is O=C(Nc1nc(CC(=O)N2CC3CC3(C(=O)O)C2)cs1)OCC1c2ccccc2-c2ccccc21. The molecule has 0 radical (unpaired) electrons. The van der Waals surface area contributed by atoms with Crippen molar-refractivity contribution in [2.24, 2.45) is 11.3 Å². The molecule has 3 aromatic rings. The van der Waals surface area contributed by atoms with Crippen LogP contribution in [0.25, 0.3) is 11.1 Å². The summed E-state index contributed by atoms with van der Waals surface area (Å²) in [6.07, 6.45) is 0.129. The summed E-state index contributed by atoms with van der Waals surface area (Å²) < 4.78 is 5.55. The Bertz CT molecular complexity index is 1310. The summed E-state index contributed by atoms with van der Waals surface area (Å²) in [6.45, 7) is 0.957. The number of hydrogen-bond donors (Lipinski definition) is 2. The third-order valence-corrected chi connectivity index (χ3v) is 8.17. The van der Waals surface area contributed by atoms with Crippen molar-refractivity contribution in [2.75, 3.05) is 25.0 Å². The first-order chi connectivity index (χ1) is 16.9. The molecule has 1 saturated heterocycles. The molecule has 2 heterocycles. The highest BCUT2D eigenvalue weighted by molar-refractivity contribution is 7.13. The molecule has 9 heteroatoms. The molecule has 2 amide bonds. The number of ether oxygens (including phenoxy) is 1.